The van der Waals surface area contributed by atoms with Gasteiger partial charge in [0.15, 0.2) is 11.4 Å². The Morgan fingerprint density at radius 3 is 2.74 bits per heavy atom. The molecule has 1 aliphatic rings. The number of ether oxygens (including phenoxy) is 1. The molecule has 34 heavy (non-hydrogen) atoms. The molecule has 1 aromatic carbocycles. The summed E-state index contributed by atoms with van der Waals surface area (Å²) in [6.45, 7) is 5.21. The number of anilines is 2. The van der Waals surface area contributed by atoms with Gasteiger partial charge in [0.25, 0.3) is 0 Å². The molecular weight excluding hydrogens is 437 g/mol. The van der Waals surface area contributed by atoms with Crippen molar-refractivity contribution in [1.29, 1.82) is 0 Å². The quantitative estimate of drug-likeness (QED) is 0.377. The molecular formula is C24H28FN7O2. The van der Waals surface area contributed by atoms with Crippen LogP contribution in [0, 0.1) is 5.82 Å². The van der Waals surface area contributed by atoms with Crippen LogP contribution in [-0.4, -0.2) is 70.9 Å². The minimum absolute atomic E-state index is 0.177. The third-order valence-electron chi connectivity index (χ3n) is 5.95. The third-order valence-corrected chi connectivity index (χ3v) is 5.95. The van der Waals surface area contributed by atoms with Crippen LogP contribution in [0.15, 0.2) is 53.3 Å². The standard InChI is InChI=1S/C24H28FN7O2/c1-33-14-5-9-26-24-27-16-18(23-28-22(29-32(23)24)21-8-4-15-34-21)17-30-10-12-31(13-11-30)20-7-3-2-6-19(20)25/h2-4,6-8,15-16H,5,9-14,17H2,1H3,(H,26,27). The maximum Gasteiger partial charge on any atom is 0.225 e. The fraction of sp³-hybridized carbons (Fsp3) is 0.375. The minimum atomic E-state index is -0.177. The Kier molecular flexibility index (Phi) is 6.68. The molecule has 4 aromatic rings. The fourth-order valence-corrected chi connectivity index (χ4v) is 4.17. The second-order valence-electron chi connectivity index (χ2n) is 8.24. The molecule has 0 saturated carbocycles. The molecule has 1 aliphatic heterocycles. The molecule has 0 bridgehead atoms. The molecule has 0 unspecified atom stereocenters. The van der Waals surface area contributed by atoms with Crippen molar-refractivity contribution in [3.8, 4) is 11.6 Å². The first-order valence-corrected chi connectivity index (χ1v) is 11.5. The second kappa shape index (κ2) is 10.2. The van der Waals surface area contributed by atoms with Crippen molar-refractivity contribution >= 4 is 17.3 Å². The highest BCUT2D eigenvalue weighted by Crippen LogP contribution is 2.23. The molecule has 1 fully saturated rings. The number of rotatable bonds is 9. The Morgan fingerprint density at radius 2 is 1.97 bits per heavy atom. The summed E-state index contributed by atoms with van der Waals surface area (Å²) in [5, 5.41) is 7.98. The maximum absolute atomic E-state index is 14.2. The summed E-state index contributed by atoms with van der Waals surface area (Å²) >= 11 is 0. The zero-order valence-electron chi connectivity index (χ0n) is 19.2. The summed E-state index contributed by atoms with van der Waals surface area (Å²) in [4.78, 5) is 13.8. The summed E-state index contributed by atoms with van der Waals surface area (Å²) in [5.74, 6) is 1.58. The van der Waals surface area contributed by atoms with Gasteiger partial charge < -0.3 is 19.4 Å². The average molecular weight is 466 g/mol. The van der Waals surface area contributed by atoms with Gasteiger partial charge in [0.05, 0.1) is 12.0 Å². The summed E-state index contributed by atoms with van der Waals surface area (Å²) in [5.41, 5.74) is 2.38. The van der Waals surface area contributed by atoms with Crippen LogP contribution < -0.4 is 10.2 Å². The summed E-state index contributed by atoms with van der Waals surface area (Å²) < 4.78 is 26.6. The van der Waals surface area contributed by atoms with Crippen molar-refractivity contribution in [3.05, 3.63) is 60.2 Å². The van der Waals surface area contributed by atoms with Crippen LogP contribution in [0.4, 0.5) is 16.0 Å². The Labute approximate surface area is 197 Å². The number of hydrogen-bond acceptors (Lipinski definition) is 8. The molecule has 10 heteroatoms. The van der Waals surface area contributed by atoms with Gasteiger partial charge in [-0.05, 0) is 30.7 Å². The predicted molar refractivity (Wildman–Crippen MR) is 127 cm³/mol. The number of halogens is 1. The number of fused-ring (bicyclic) bond motifs is 1. The molecule has 1 N–H and O–H groups in total. The number of nitrogens with one attached hydrogen (secondary N) is 1. The molecule has 0 atom stereocenters. The summed E-state index contributed by atoms with van der Waals surface area (Å²) in [6, 6.07) is 10.6. The van der Waals surface area contributed by atoms with Gasteiger partial charge in [-0.1, -0.05) is 12.1 Å². The van der Waals surface area contributed by atoms with E-state index in [4.69, 9.17) is 14.1 Å². The van der Waals surface area contributed by atoms with Crippen LogP contribution in [0.1, 0.15) is 12.0 Å². The van der Waals surface area contributed by atoms with Crippen LogP contribution in [0.2, 0.25) is 0 Å². The summed E-state index contributed by atoms with van der Waals surface area (Å²) in [6.07, 6.45) is 4.32. The number of furan rings is 1. The molecule has 4 heterocycles. The zero-order chi connectivity index (χ0) is 23.3. The van der Waals surface area contributed by atoms with E-state index >= 15 is 0 Å². The zero-order valence-corrected chi connectivity index (χ0v) is 19.2. The van der Waals surface area contributed by atoms with E-state index in [0.29, 0.717) is 42.9 Å². The lowest BCUT2D eigenvalue weighted by molar-refractivity contribution is 0.197. The Balaban J connectivity index is 1.34. The number of piperazine rings is 1. The van der Waals surface area contributed by atoms with E-state index < -0.39 is 0 Å². The van der Waals surface area contributed by atoms with Gasteiger partial charge in [-0.15, -0.1) is 5.10 Å². The molecule has 5 rings (SSSR count). The van der Waals surface area contributed by atoms with Crippen molar-refractivity contribution in [3.63, 3.8) is 0 Å². The molecule has 3 aromatic heterocycles. The average Bonchev–Trinajstić information content (AvgIpc) is 3.54. The van der Waals surface area contributed by atoms with Crippen LogP contribution in [0.25, 0.3) is 17.2 Å². The minimum Gasteiger partial charge on any atom is -0.461 e. The van der Waals surface area contributed by atoms with Crippen molar-refractivity contribution in [2.45, 2.75) is 13.0 Å². The molecule has 0 spiro atoms. The number of benzene rings is 1. The first kappa shape index (κ1) is 22.3. The van der Waals surface area contributed by atoms with E-state index in [1.54, 1.807) is 24.0 Å². The van der Waals surface area contributed by atoms with Gasteiger partial charge in [-0.3, -0.25) is 4.90 Å². The first-order chi connectivity index (χ1) is 16.7. The van der Waals surface area contributed by atoms with E-state index in [1.165, 1.54) is 6.07 Å². The Hall–Kier alpha value is -3.50. The number of nitrogens with zero attached hydrogens (tertiary/aromatic N) is 6. The SMILES string of the molecule is COCCCNc1ncc(CN2CCN(c3ccccc3F)CC2)c2nc(-c3ccco3)nn12. The second-order valence-corrected chi connectivity index (χ2v) is 8.24. The lowest BCUT2D eigenvalue weighted by Gasteiger charge is -2.36. The van der Waals surface area contributed by atoms with Gasteiger partial charge in [-0.25, -0.2) is 14.4 Å². The van der Waals surface area contributed by atoms with Crippen molar-refractivity contribution in [1.82, 2.24) is 24.5 Å². The highest BCUT2D eigenvalue weighted by Gasteiger charge is 2.22. The van der Waals surface area contributed by atoms with E-state index in [0.717, 1.165) is 43.8 Å². The van der Waals surface area contributed by atoms with Crippen LogP contribution in [-0.2, 0) is 11.3 Å². The van der Waals surface area contributed by atoms with E-state index in [2.05, 4.69) is 25.2 Å². The van der Waals surface area contributed by atoms with Crippen molar-refractivity contribution < 1.29 is 13.5 Å². The smallest absolute Gasteiger partial charge is 0.225 e. The molecule has 9 nitrogen and oxygen atoms in total. The third kappa shape index (κ3) is 4.73. The van der Waals surface area contributed by atoms with Gasteiger partial charge in [-0.2, -0.15) is 4.52 Å². The van der Waals surface area contributed by atoms with Crippen LogP contribution in [0.5, 0.6) is 0 Å². The van der Waals surface area contributed by atoms with E-state index in [9.17, 15) is 4.39 Å². The summed E-state index contributed by atoms with van der Waals surface area (Å²) in [7, 11) is 1.69. The van der Waals surface area contributed by atoms with Gasteiger partial charge in [0, 0.05) is 64.7 Å². The lowest BCUT2D eigenvalue weighted by Crippen LogP contribution is -2.46. The number of hydrogen-bond donors (Lipinski definition) is 1. The molecule has 0 amide bonds. The van der Waals surface area contributed by atoms with Crippen LogP contribution >= 0.6 is 0 Å². The van der Waals surface area contributed by atoms with Crippen molar-refractivity contribution in [2.24, 2.45) is 0 Å². The Morgan fingerprint density at radius 1 is 1.12 bits per heavy atom. The van der Waals surface area contributed by atoms with Gasteiger partial charge in [0.1, 0.15) is 5.82 Å². The van der Waals surface area contributed by atoms with E-state index in [1.807, 2.05) is 30.5 Å². The van der Waals surface area contributed by atoms with Gasteiger partial charge in [0.2, 0.25) is 11.8 Å². The lowest BCUT2D eigenvalue weighted by atomic mass is 10.2. The largest absolute Gasteiger partial charge is 0.461 e. The predicted octanol–water partition coefficient (Wildman–Crippen LogP) is 3.29. The fourth-order valence-electron chi connectivity index (χ4n) is 4.17. The highest BCUT2D eigenvalue weighted by molar-refractivity contribution is 5.58. The monoisotopic (exact) mass is 465 g/mol. The molecule has 178 valence electrons. The maximum atomic E-state index is 14.2. The number of para-hydroxylation sites is 1. The first-order valence-electron chi connectivity index (χ1n) is 11.5. The number of methoxy groups -OCH3 is 1. The number of aromatic nitrogens is 4. The highest BCUT2D eigenvalue weighted by atomic mass is 19.1. The Bertz CT molecular complexity index is 1220. The van der Waals surface area contributed by atoms with Crippen molar-refractivity contribution in [2.75, 3.05) is 56.7 Å². The normalized spacial score (nSPS) is 14.7. The van der Waals surface area contributed by atoms with E-state index in [-0.39, 0.29) is 5.82 Å². The van der Waals surface area contributed by atoms with Gasteiger partial charge >= 0.3 is 0 Å². The molecule has 0 aliphatic carbocycles. The molecule has 0 radical (unpaired) electrons. The van der Waals surface area contributed by atoms with Crippen LogP contribution in [0.3, 0.4) is 0 Å². The topological polar surface area (TPSA) is 84.0 Å². The molecule has 1 saturated heterocycles.